The first-order valence-electron chi connectivity index (χ1n) is 9.48. The van der Waals surface area contributed by atoms with E-state index in [9.17, 15) is 9.59 Å². The molecule has 1 aliphatic rings. The van der Waals surface area contributed by atoms with Crippen LogP contribution in [-0.4, -0.2) is 29.7 Å². The van der Waals surface area contributed by atoms with Crippen LogP contribution in [0.1, 0.15) is 12.5 Å². The van der Waals surface area contributed by atoms with Gasteiger partial charge in [0.1, 0.15) is 5.92 Å². The molecule has 7 nitrogen and oxygen atoms in total. The summed E-state index contributed by atoms with van der Waals surface area (Å²) in [6.07, 6.45) is 1.27. The first-order chi connectivity index (χ1) is 15.0. The lowest BCUT2D eigenvalue weighted by atomic mass is 10.0. The Balaban J connectivity index is 1.67. The minimum Gasteiger partial charge on any atom is -0.466 e. The fraction of sp³-hybridized carbons (Fsp3) is 0.182. The first kappa shape index (κ1) is 21.0. The van der Waals surface area contributed by atoms with Gasteiger partial charge in [0.25, 0.3) is 5.91 Å². The van der Waals surface area contributed by atoms with E-state index in [-0.39, 0.29) is 5.91 Å². The molecule has 31 heavy (non-hydrogen) atoms. The van der Waals surface area contributed by atoms with E-state index in [1.165, 1.54) is 29.5 Å². The highest BCUT2D eigenvalue weighted by molar-refractivity contribution is 7.22. The third-order valence-electron chi connectivity index (χ3n) is 4.84. The lowest BCUT2D eigenvalue weighted by Gasteiger charge is -2.11. The quantitative estimate of drug-likeness (QED) is 0.356. The molecule has 1 fully saturated rings. The number of nitrogens with zero attached hydrogens (tertiary/aromatic N) is 3. The number of carbonyl (C=O) groups excluding carboxylic acids is 2. The van der Waals surface area contributed by atoms with E-state index in [1.807, 2.05) is 42.5 Å². The van der Waals surface area contributed by atoms with Gasteiger partial charge in [0.15, 0.2) is 0 Å². The van der Waals surface area contributed by atoms with E-state index < -0.39 is 11.9 Å². The second-order valence-corrected chi connectivity index (χ2v) is 8.27. The van der Waals surface area contributed by atoms with Gasteiger partial charge in [-0.3, -0.25) is 15.2 Å². The summed E-state index contributed by atoms with van der Waals surface area (Å²) in [5.41, 5.74) is 5.59. The number of ether oxygens (including phenoxy) is 1. The maximum absolute atomic E-state index is 13.3. The number of methoxy groups -OCH3 is 1. The molecular weight excluding hydrogens is 436 g/mol. The minimum absolute atomic E-state index is 0.269. The topological polar surface area (TPSA) is 83.9 Å². The van der Waals surface area contributed by atoms with Crippen molar-refractivity contribution in [2.24, 2.45) is 10.9 Å². The maximum atomic E-state index is 13.3. The average molecular weight is 455 g/mol. The molecule has 3 aromatic rings. The number of rotatable bonds is 5. The Hall–Kier alpha value is -3.23. The number of carbonyl (C=O) groups is 2. The van der Waals surface area contributed by atoms with Crippen molar-refractivity contribution in [3.8, 4) is 0 Å². The molecule has 1 unspecified atom stereocenters. The zero-order valence-electron chi connectivity index (χ0n) is 16.8. The molecule has 1 saturated heterocycles. The summed E-state index contributed by atoms with van der Waals surface area (Å²) in [4.78, 5) is 34.3. The Morgan fingerprint density at radius 3 is 2.77 bits per heavy atom. The fourth-order valence-corrected chi connectivity index (χ4v) is 4.37. The van der Waals surface area contributed by atoms with Crippen molar-refractivity contribution in [1.29, 1.82) is 0 Å². The Morgan fingerprint density at radius 2 is 2.03 bits per heavy atom. The van der Waals surface area contributed by atoms with Crippen LogP contribution >= 0.6 is 22.9 Å². The predicted octanol–water partition coefficient (Wildman–Crippen LogP) is 4.14. The van der Waals surface area contributed by atoms with Crippen LogP contribution in [0.2, 0.25) is 5.02 Å². The molecule has 9 heteroatoms. The van der Waals surface area contributed by atoms with Crippen molar-refractivity contribution in [3.63, 3.8) is 0 Å². The molecule has 2 aromatic carbocycles. The van der Waals surface area contributed by atoms with Crippen molar-refractivity contribution < 1.29 is 14.3 Å². The van der Waals surface area contributed by atoms with Gasteiger partial charge in [0, 0.05) is 16.8 Å². The van der Waals surface area contributed by atoms with Crippen LogP contribution in [0.25, 0.3) is 10.2 Å². The van der Waals surface area contributed by atoms with Gasteiger partial charge in [-0.2, -0.15) is 5.01 Å². The number of halogens is 1. The zero-order chi connectivity index (χ0) is 22.0. The molecule has 1 aromatic heterocycles. The van der Waals surface area contributed by atoms with E-state index in [1.54, 1.807) is 13.0 Å². The van der Waals surface area contributed by atoms with Crippen LogP contribution in [0.3, 0.4) is 0 Å². The normalized spacial score (nSPS) is 18.0. The Kier molecular flexibility index (Phi) is 6.01. The van der Waals surface area contributed by atoms with Crippen LogP contribution in [0.5, 0.6) is 0 Å². The largest absolute Gasteiger partial charge is 0.466 e. The number of thiazole rings is 1. The SMILES string of the molecule is COC(=O)C=C1NN(c2nc3ccccc3s2)C(=O)C1C(C)=NCc1ccccc1Cl. The number of para-hydroxylation sites is 1. The molecule has 158 valence electrons. The number of fused-ring (bicyclic) bond motifs is 1. The van der Waals surface area contributed by atoms with E-state index >= 15 is 0 Å². The van der Waals surface area contributed by atoms with Crippen molar-refractivity contribution in [2.75, 3.05) is 12.1 Å². The van der Waals surface area contributed by atoms with Gasteiger partial charge < -0.3 is 4.74 Å². The zero-order valence-corrected chi connectivity index (χ0v) is 18.4. The van der Waals surface area contributed by atoms with Crippen LogP contribution in [0.4, 0.5) is 5.13 Å². The monoisotopic (exact) mass is 454 g/mol. The number of benzene rings is 2. The number of amides is 1. The van der Waals surface area contributed by atoms with Gasteiger partial charge in [0.05, 0.1) is 29.6 Å². The summed E-state index contributed by atoms with van der Waals surface area (Å²) >= 11 is 7.60. The van der Waals surface area contributed by atoms with Crippen molar-refractivity contribution >= 4 is 55.9 Å². The molecule has 1 N–H and O–H groups in total. The summed E-state index contributed by atoms with van der Waals surface area (Å²) < 4.78 is 5.71. The molecule has 0 aliphatic carbocycles. The molecule has 2 heterocycles. The number of hydrazine groups is 1. The molecule has 0 spiro atoms. The summed E-state index contributed by atoms with van der Waals surface area (Å²) in [5.74, 6) is -1.59. The van der Waals surface area contributed by atoms with Gasteiger partial charge in [-0.25, -0.2) is 9.78 Å². The van der Waals surface area contributed by atoms with Crippen molar-refractivity contribution in [1.82, 2.24) is 10.4 Å². The number of hydrogen-bond acceptors (Lipinski definition) is 7. The summed E-state index contributed by atoms with van der Waals surface area (Å²) in [7, 11) is 1.29. The first-order valence-corrected chi connectivity index (χ1v) is 10.7. The average Bonchev–Trinajstić information content (AvgIpc) is 3.33. The highest BCUT2D eigenvalue weighted by atomic mass is 35.5. The molecular formula is C22H19ClN4O3S. The minimum atomic E-state index is -0.756. The Labute approximate surface area is 188 Å². The smallest absolute Gasteiger partial charge is 0.332 e. The Bertz CT molecular complexity index is 1190. The number of aromatic nitrogens is 1. The number of aliphatic imine (C=N–C) groups is 1. The number of esters is 1. The van der Waals surface area contributed by atoms with Crippen LogP contribution in [0.15, 0.2) is 65.3 Å². The third-order valence-corrected chi connectivity index (χ3v) is 6.23. The highest BCUT2D eigenvalue weighted by Crippen LogP contribution is 2.33. The van der Waals surface area contributed by atoms with Crippen LogP contribution < -0.4 is 10.4 Å². The Morgan fingerprint density at radius 1 is 1.29 bits per heavy atom. The third kappa shape index (κ3) is 4.30. The maximum Gasteiger partial charge on any atom is 0.332 e. The van der Waals surface area contributed by atoms with E-state index in [0.29, 0.717) is 28.1 Å². The van der Waals surface area contributed by atoms with Crippen molar-refractivity contribution in [2.45, 2.75) is 13.5 Å². The van der Waals surface area contributed by atoms with Crippen LogP contribution in [0, 0.1) is 5.92 Å². The fourth-order valence-electron chi connectivity index (χ4n) is 3.24. The molecule has 1 aliphatic heterocycles. The van der Waals surface area contributed by atoms with Crippen LogP contribution in [-0.2, 0) is 20.9 Å². The van der Waals surface area contributed by atoms with Gasteiger partial charge in [-0.05, 0) is 30.7 Å². The van der Waals surface area contributed by atoms with Gasteiger partial charge >= 0.3 is 5.97 Å². The number of anilines is 1. The molecule has 0 radical (unpaired) electrons. The van der Waals surface area contributed by atoms with Gasteiger partial charge in [0.2, 0.25) is 5.13 Å². The highest BCUT2D eigenvalue weighted by Gasteiger charge is 2.40. The molecule has 1 amide bonds. The standard InChI is InChI=1S/C22H19ClN4O3S/c1-13(24-12-14-7-3-4-8-15(14)23)20-17(11-19(28)30-2)26-27(21(20)29)22-25-16-9-5-6-10-18(16)31-22/h3-11,20,26H,12H2,1-2H3. The van der Waals surface area contributed by atoms with E-state index in [0.717, 1.165) is 15.8 Å². The number of nitrogens with one attached hydrogen (secondary N) is 1. The molecule has 4 rings (SSSR count). The second-order valence-electron chi connectivity index (χ2n) is 6.85. The van der Waals surface area contributed by atoms with Crippen molar-refractivity contribution in [3.05, 3.63) is 70.9 Å². The lowest BCUT2D eigenvalue weighted by Crippen LogP contribution is -2.34. The lowest BCUT2D eigenvalue weighted by molar-refractivity contribution is -0.134. The molecule has 1 atom stereocenters. The number of hydrogen-bond donors (Lipinski definition) is 1. The van der Waals surface area contributed by atoms with E-state index in [2.05, 4.69) is 15.4 Å². The molecule has 0 saturated carbocycles. The van der Waals surface area contributed by atoms with Gasteiger partial charge in [-0.1, -0.05) is 53.3 Å². The molecule has 0 bridgehead atoms. The summed E-state index contributed by atoms with van der Waals surface area (Å²) in [5, 5.41) is 2.46. The summed E-state index contributed by atoms with van der Waals surface area (Å²) in [6, 6.07) is 15.0. The van der Waals surface area contributed by atoms with E-state index in [4.69, 9.17) is 16.3 Å². The second kappa shape index (κ2) is 8.87. The van der Waals surface area contributed by atoms with Gasteiger partial charge in [-0.15, -0.1) is 0 Å². The summed E-state index contributed by atoms with van der Waals surface area (Å²) in [6.45, 7) is 2.08. The predicted molar refractivity (Wildman–Crippen MR) is 122 cm³/mol.